The summed E-state index contributed by atoms with van der Waals surface area (Å²) in [6.45, 7) is -0.786. The topological polar surface area (TPSA) is 90.0 Å². The average molecular weight is 594 g/mol. The van der Waals surface area contributed by atoms with Crippen LogP contribution in [0.25, 0.3) is 0 Å². The Bertz CT molecular complexity index is 1560. The van der Waals surface area contributed by atoms with E-state index in [0.717, 1.165) is 28.8 Å². The summed E-state index contributed by atoms with van der Waals surface area (Å²) in [7, 11) is -8.61. The number of alkyl halides is 3. The number of sulfonamides is 1. The number of benzene rings is 3. The third kappa shape index (κ3) is 6.22. The molecule has 7 nitrogen and oxygen atoms in total. The van der Waals surface area contributed by atoms with Crippen molar-refractivity contribution < 1.29 is 43.3 Å². The minimum absolute atomic E-state index is 0.00354. The number of hydrogen-bond acceptors (Lipinski definition) is 6. The van der Waals surface area contributed by atoms with E-state index in [1.807, 2.05) is 0 Å². The molecule has 1 heterocycles. The van der Waals surface area contributed by atoms with Crippen molar-refractivity contribution in [3.05, 3.63) is 88.2 Å². The molecule has 38 heavy (non-hydrogen) atoms. The summed E-state index contributed by atoms with van der Waals surface area (Å²) in [5, 5.41) is 0.123. The Hall–Kier alpha value is -2.87. The second kappa shape index (κ2) is 10.4. The fourth-order valence-corrected chi connectivity index (χ4v) is 6.37. The number of fused-ring (bicyclic) bond motifs is 1. The van der Waals surface area contributed by atoms with Gasteiger partial charge in [0.1, 0.15) is 18.2 Å². The molecule has 0 aliphatic carbocycles. The molecule has 0 spiro atoms. The Morgan fingerprint density at radius 1 is 1.03 bits per heavy atom. The highest BCUT2D eigenvalue weighted by molar-refractivity contribution is 7.92. The summed E-state index contributed by atoms with van der Waals surface area (Å²) in [6.07, 6.45) is -5.13. The molecule has 0 saturated heterocycles. The van der Waals surface area contributed by atoms with Gasteiger partial charge in [-0.15, -0.1) is 0 Å². The van der Waals surface area contributed by atoms with Gasteiger partial charge < -0.3 is 4.74 Å². The maximum Gasteiger partial charge on any atom is 0.416 e. The zero-order valence-electron chi connectivity index (χ0n) is 19.6. The molecule has 1 aliphatic rings. The lowest BCUT2D eigenvalue weighted by Crippen LogP contribution is -2.44. The molecule has 14 heteroatoms. The van der Waals surface area contributed by atoms with Crippen LogP contribution < -0.4 is 9.04 Å². The molecule has 0 saturated carbocycles. The van der Waals surface area contributed by atoms with Crippen molar-refractivity contribution in [2.24, 2.45) is 0 Å². The van der Waals surface area contributed by atoms with Gasteiger partial charge in [-0.25, -0.2) is 12.8 Å². The van der Waals surface area contributed by atoms with E-state index in [1.54, 1.807) is 0 Å². The van der Waals surface area contributed by atoms with Crippen LogP contribution in [0.5, 0.6) is 5.75 Å². The maximum atomic E-state index is 14.1. The van der Waals surface area contributed by atoms with Crippen LogP contribution in [0.1, 0.15) is 16.7 Å². The molecule has 1 unspecified atom stereocenters. The fraction of sp³-hybridized carbons (Fsp3) is 0.250. The molecular formula is C24H20ClF4NO6S2. The molecule has 4 rings (SSSR count). The summed E-state index contributed by atoms with van der Waals surface area (Å²) in [4.78, 5) is -0.650. The lowest BCUT2D eigenvalue weighted by molar-refractivity contribution is -0.137. The molecule has 0 fully saturated rings. The standard InChI is InChI=1S/C24H20ClF4NO6S2/c1-37(31,32)36-18-10-15-8-9-17(35-14-20-21(25)6-3-7-22(20)26)12-23(15)30(13-18)38(33,34)19-5-2-4-16(11-19)24(27,28)29/h2-9,11-12,18H,10,13-14H2,1H3. The van der Waals surface area contributed by atoms with Gasteiger partial charge in [-0.1, -0.05) is 29.8 Å². The summed E-state index contributed by atoms with van der Waals surface area (Å²) in [5.74, 6) is -0.486. The van der Waals surface area contributed by atoms with Crippen molar-refractivity contribution >= 4 is 37.4 Å². The molecule has 0 amide bonds. The average Bonchev–Trinajstić information content (AvgIpc) is 2.82. The molecule has 204 valence electrons. The van der Waals surface area contributed by atoms with E-state index >= 15 is 0 Å². The van der Waals surface area contributed by atoms with Crippen molar-refractivity contribution in [2.75, 3.05) is 17.1 Å². The normalized spacial score (nSPS) is 16.3. The number of anilines is 1. The Morgan fingerprint density at radius 3 is 2.39 bits per heavy atom. The Balaban J connectivity index is 1.74. The van der Waals surface area contributed by atoms with E-state index in [1.165, 1.54) is 36.4 Å². The number of nitrogens with zero attached hydrogens (tertiary/aromatic N) is 1. The first-order chi connectivity index (χ1) is 17.6. The van der Waals surface area contributed by atoms with Crippen LogP contribution in [0.4, 0.5) is 23.2 Å². The zero-order chi connectivity index (χ0) is 27.9. The van der Waals surface area contributed by atoms with Crippen molar-refractivity contribution in [2.45, 2.75) is 30.2 Å². The highest BCUT2D eigenvalue weighted by Crippen LogP contribution is 2.38. The summed E-state index contributed by atoms with van der Waals surface area (Å²) >= 11 is 6.02. The third-order valence-corrected chi connectivity index (χ3v) is 8.40. The van der Waals surface area contributed by atoms with Crippen LogP contribution in [0.2, 0.25) is 5.02 Å². The fourth-order valence-electron chi connectivity index (χ4n) is 3.96. The van der Waals surface area contributed by atoms with E-state index in [2.05, 4.69) is 0 Å². The number of ether oxygens (including phenoxy) is 1. The van der Waals surface area contributed by atoms with Crippen LogP contribution in [0.3, 0.4) is 0 Å². The first-order valence-electron chi connectivity index (χ1n) is 10.9. The molecule has 3 aromatic carbocycles. The second-order valence-corrected chi connectivity index (χ2v) is 12.3. The SMILES string of the molecule is CS(=O)(=O)OC1Cc2ccc(OCc3c(F)cccc3Cl)cc2N(S(=O)(=O)c2cccc(C(F)(F)F)c2)C1. The maximum absolute atomic E-state index is 14.1. The van der Waals surface area contributed by atoms with Gasteiger partial charge >= 0.3 is 6.18 Å². The summed E-state index contributed by atoms with van der Waals surface area (Å²) in [6, 6.07) is 11.6. The van der Waals surface area contributed by atoms with Crippen molar-refractivity contribution in [1.82, 2.24) is 0 Å². The minimum Gasteiger partial charge on any atom is -0.489 e. The summed E-state index contributed by atoms with van der Waals surface area (Å²) < 4.78 is 116. The number of rotatable bonds is 7. The lowest BCUT2D eigenvalue weighted by Gasteiger charge is -2.35. The first-order valence-corrected chi connectivity index (χ1v) is 14.6. The van der Waals surface area contributed by atoms with Gasteiger partial charge in [0.2, 0.25) is 0 Å². The Labute approximate surface area is 221 Å². The van der Waals surface area contributed by atoms with Gasteiger partial charge in [0.15, 0.2) is 0 Å². The second-order valence-electron chi connectivity index (χ2n) is 8.47. The van der Waals surface area contributed by atoms with E-state index in [9.17, 15) is 34.4 Å². The molecule has 0 N–H and O–H groups in total. The van der Waals surface area contributed by atoms with Crippen LogP contribution in [0.15, 0.2) is 65.6 Å². The lowest BCUT2D eigenvalue weighted by atomic mass is 10.0. The Kier molecular flexibility index (Phi) is 7.67. The molecule has 1 atom stereocenters. The van der Waals surface area contributed by atoms with Crippen molar-refractivity contribution in [3.63, 3.8) is 0 Å². The van der Waals surface area contributed by atoms with Gasteiger partial charge in [0, 0.05) is 18.1 Å². The van der Waals surface area contributed by atoms with Gasteiger partial charge in [-0.2, -0.15) is 21.6 Å². The van der Waals surface area contributed by atoms with Crippen LogP contribution in [0, 0.1) is 5.82 Å². The first kappa shape index (κ1) is 28.1. The Morgan fingerprint density at radius 2 is 1.74 bits per heavy atom. The molecule has 0 radical (unpaired) electrons. The van der Waals surface area contributed by atoms with E-state index in [0.29, 0.717) is 11.6 Å². The van der Waals surface area contributed by atoms with Gasteiger partial charge in [0.05, 0.1) is 40.1 Å². The molecule has 0 bridgehead atoms. The monoisotopic (exact) mass is 593 g/mol. The third-order valence-electron chi connectivity index (χ3n) is 5.65. The highest BCUT2D eigenvalue weighted by Gasteiger charge is 2.37. The summed E-state index contributed by atoms with van der Waals surface area (Å²) in [5.41, 5.74) is -0.704. The van der Waals surface area contributed by atoms with Crippen molar-refractivity contribution in [1.29, 1.82) is 0 Å². The van der Waals surface area contributed by atoms with Crippen molar-refractivity contribution in [3.8, 4) is 5.75 Å². The molecular weight excluding hydrogens is 574 g/mol. The predicted molar refractivity (Wildman–Crippen MR) is 132 cm³/mol. The predicted octanol–water partition coefficient (Wildman–Crippen LogP) is 5.17. The van der Waals surface area contributed by atoms with Gasteiger partial charge in [-0.05, 0) is 42.0 Å². The minimum atomic E-state index is -4.79. The van der Waals surface area contributed by atoms with Crippen LogP contribution >= 0.6 is 11.6 Å². The smallest absolute Gasteiger partial charge is 0.416 e. The molecule has 0 aromatic heterocycles. The number of halogens is 5. The van der Waals surface area contributed by atoms with Crippen LogP contribution in [-0.2, 0) is 43.5 Å². The molecule has 1 aliphatic heterocycles. The zero-order valence-corrected chi connectivity index (χ0v) is 22.0. The highest BCUT2D eigenvalue weighted by atomic mass is 35.5. The largest absolute Gasteiger partial charge is 0.489 e. The van der Waals surface area contributed by atoms with E-state index in [4.69, 9.17) is 20.5 Å². The van der Waals surface area contributed by atoms with E-state index < -0.39 is 55.2 Å². The molecule has 3 aromatic rings. The number of hydrogen-bond donors (Lipinski definition) is 0. The van der Waals surface area contributed by atoms with Gasteiger partial charge in [-0.3, -0.25) is 8.49 Å². The van der Waals surface area contributed by atoms with Gasteiger partial charge in [0.25, 0.3) is 20.1 Å². The quantitative estimate of drug-likeness (QED) is 0.277. The van der Waals surface area contributed by atoms with E-state index in [-0.39, 0.29) is 35.1 Å². The van der Waals surface area contributed by atoms with Crippen LogP contribution in [-0.4, -0.2) is 35.7 Å².